The summed E-state index contributed by atoms with van der Waals surface area (Å²) < 4.78 is 0. The van der Waals surface area contributed by atoms with Crippen molar-refractivity contribution in [1.29, 1.82) is 0 Å². The first-order valence-electron chi connectivity index (χ1n) is 8.04. The highest BCUT2D eigenvalue weighted by molar-refractivity contribution is 6.12. The Bertz CT molecular complexity index is 951. The molecule has 0 fully saturated rings. The van der Waals surface area contributed by atoms with Crippen LogP contribution in [0.3, 0.4) is 0 Å². The second-order valence-corrected chi connectivity index (χ2v) is 6.60. The summed E-state index contributed by atoms with van der Waals surface area (Å²) in [6.07, 6.45) is 5.17. The maximum Gasteiger partial charge on any atom is 0.242 e. The third-order valence-corrected chi connectivity index (χ3v) is 4.55. The van der Waals surface area contributed by atoms with Crippen molar-refractivity contribution in [3.8, 4) is 11.1 Å². The van der Waals surface area contributed by atoms with Crippen LogP contribution in [-0.4, -0.2) is 26.1 Å². The number of hydrogen-bond donors (Lipinski definition) is 0. The number of hydrogen-bond acceptors (Lipinski definition) is 5. The SMILES string of the molecule is Cc1ncc(-c2ccc3c(c2)N(c2cccnn2)C(=O)C3(C)C)cn1. The number of carbonyl (C=O) groups excluding carboxylic acids is 1. The van der Waals surface area contributed by atoms with Crippen LogP contribution in [0.1, 0.15) is 25.2 Å². The number of carbonyl (C=O) groups is 1. The summed E-state index contributed by atoms with van der Waals surface area (Å²) in [5.74, 6) is 1.24. The number of anilines is 2. The van der Waals surface area contributed by atoms with Gasteiger partial charge in [0.1, 0.15) is 5.82 Å². The smallest absolute Gasteiger partial charge is 0.242 e. The van der Waals surface area contributed by atoms with Crippen LogP contribution >= 0.6 is 0 Å². The summed E-state index contributed by atoms with van der Waals surface area (Å²) >= 11 is 0. The Morgan fingerprint density at radius 2 is 1.80 bits per heavy atom. The van der Waals surface area contributed by atoms with E-state index in [-0.39, 0.29) is 5.91 Å². The molecule has 2 aromatic heterocycles. The first-order valence-corrected chi connectivity index (χ1v) is 8.04. The molecular formula is C19H17N5O. The quantitative estimate of drug-likeness (QED) is 0.721. The molecule has 3 aromatic rings. The van der Waals surface area contributed by atoms with E-state index in [1.165, 1.54) is 0 Å². The normalized spacial score (nSPS) is 15.3. The van der Waals surface area contributed by atoms with Crippen LogP contribution in [0.5, 0.6) is 0 Å². The molecule has 0 aliphatic carbocycles. The standard InChI is InChI=1S/C19H17N5O/c1-12-20-10-14(11-21-12)13-6-7-15-16(9-13)24(18(25)19(15,2)3)17-5-4-8-22-23-17/h4-11H,1-3H3. The molecule has 1 amide bonds. The minimum atomic E-state index is -0.616. The Kier molecular flexibility index (Phi) is 3.35. The molecule has 4 rings (SSSR count). The van der Waals surface area contributed by atoms with Gasteiger partial charge in [0.2, 0.25) is 5.91 Å². The highest BCUT2D eigenvalue weighted by Gasteiger charge is 2.45. The van der Waals surface area contributed by atoms with Gasteiger partial charge in [-0.15, -0.1) is 5.10 Å². The molecule has 0 saturated carbocycles. The summed E-state index contributed by atoms with van der Waals surface area (Å²) in [6, 6.07) is 9.56. The van der Waals surface area contributed by atoms with Crippen LogP contribution in [0.15, 0.2) is 48.9 Å². The third kappa shape index (κ3) is 2.38. The Hall–Kier alpha value is -3.15. The molecule has 0 unspecified atom stereocenters. The zero-order chi connectivity index (χ0) is 17.6. The summed E-state index contributed by atoms with van der Waals surface area (Å²) in [7, 11) is 0. The molecule has 3 heterocycles. The molecule has 6 heteroatoms. The number of amides is 1. The molecule has 0 saturated heterocycles. The predicted molar refractivity (Wildman–Crippen MR) is 94.4 cm³/mol. The van der Waals surface area contributed by atoms with E-state index in [2.05, 4.69) is 20.2 Å². The van der Waals surface area contributed by atoms with Gasteiger partial charge in [-0.2, -0.15) is 5.10 Å². The lowest BCUT2D eigenvalue weighted by molar-refractivity contribution is -0.121. The Balaban J connectivity index is 1.88. The van der Waals surface area contributed by atoms with E-state index in [0.29, 0.717) is 5.82 Å². The van der Waals surface area contributed by atoms with E-state index in [9.17, 15) is 4.79 Å². The summed E-state index contributed by atoms with van der Waals surface area (Å²) in [6.45, 7) is 5.71. The van der Waals surface area contributed by atoms with Gasteiger partial charge in [0.25, 0.3) is 0 Å². The second kappa shape index (κ2) is 5.44. The van der Waals surface area contributed by atoms with E-state index < -0.39 is 5.41 Å². The maximum atomic E-state index is 13.0. The van der Waals surface area contributed by atoms with Gasteiger partial charge in [-0.25, -0.2) is 9.97 Å². The molecule has 0 bridgehead atoms. The molecule has 124 valence electrons. The van der Waals surface area contributed by atoms with Gasteiger partial charge in [0.05, 0.1) is 11.1 Å². The van der Waals surface area contributed by atoms with Gasteiger partial charge in [-0.3, -0.25) is 9.69 Å². The number of aromatic nitrogens is 4. The Morgan fingerprint density at radius 1 is 1.04 bits per heavy atom. The van der Waals surface area contributed by atoms with Gasteiger partial charge in [0.15, 0.2) is 5.82 Å². The minimum absolute atomic E-state index is 0.0136. The largest absolute Gasteiger partial charge is 0.273 e. The lowest BCUT2D eigenvalue weighted by Crippen LogP contribution is -2.33. The van der Waals surface area contributed by atoms with Crippen molar-refractivity contribution >= 4 is 17.4 Å². The van der Waals surface area contributed by atoms with E-state index in [0.717, 1.165) is 28.2 Å². The zero-order valence-corrected chi connectivity index (χ0v) is 14.3. The molecule has 6 nitrogen and oxygen atoms in total. The molecule has 0 spiro atoms. The number of fused-ring (bicyclic) bond motifs is 1. The first kappa shape index (κ1) is 15.4. The average molecular weight is 331 g/mol. The third-order valence-electron chi connectivity index (χ3n) is 4.55. The van der Waals surface area contributed by atoms with Crippen molar-refractivity contribution in [3.05, 3.63) is 60.3 Å². The monoisotopic (exact) mass is 331 g/mol. The van der Waals surface area contributed by atoms with E-state index >= 15 is 0 Å². The van der Waals surface area contributed by atoms with Crippen molar-refractivity contribution in [2.24, 2.45) is 0 Å². The highest BCUT2D eigenvalue weighted by atomic mass is 16.2. The maximum absolute atomic E-state index is 13.0. The van der Waals surface area contributed by atoms with Gasteiger partial charge < -0.3 is 0 Å². The van der Waals surface area contributed by atoms with Crippen LogP contribution < -0.4 is 4.90 Å². The predicted octanol–water partition coefficient (Wildman–Crippen LogP) is 3.20. The van der Waals surface area contributed by atoms with Crippen molar-refractivity contribution in [2.45, 2.75) is 26.2 Å². The number of aryl methyl sites for hydroxylation is 1. The fourth-order valence-electron chi connectivity index (χ4n) is 3.11. The van der Waals surface area contributed by atoms with Crippen LogP contribution in [0.4, 0.5) is 11.5 Å². The highest BCUT2D eigenvalue weighted by Crippen LogP contribution is 2.46. The van der Waals surface area contributed by atoms with Gasteiger partial charge >= 0.3 is 0 Å². The average Bonchev–Trinajstić information content (AvgIpc) is 2.82. The van der Waals surface area contributed by atoms with Gasteiger partial charge in [-0.1, -0.05) is 12.1 Å². The molecule has 0 N–H and O–H groups in total. The van der Waals surface area contributed by atoms with Crippen LogP contribution in [-0.2, 0) is 10.2 Å². The molecule has 0 radical (unpaired) electrons. The molecule has 25 heavy (non-hydrogen) atoms. The van der Waals surface area contributed by atoms with Crippen molar-refractivity contribution in [3.63, 3.8) is 0 Å². The van der Waals surface area contributed by atoms with E-state index in [1.807, 2.05) is 39.0 Å². The van der Waals surface area contributed by atoms with Crippen molar-refractivity contribution < 1.29 is 4.79 Å². The lowest BCUT2D eigenvalue weighted by atomic mass is 9.85. The Morgan fingerprint density at radius 3 is 2.48 bits per heavy atom. The molecule has 1 aliphatic heterocycles. The Labute approximate surface area is 145 Å². The van der Waals surface area contributed by atoms with Crippen molar-refractivity contribution in [1.82, 2.24) is 20.2 Å². The summed E-state index contributed by atoms with van der Waals surface area (Å²) in [5.41, 5.74) is 3.05. The molecular weight excluding hydrogens is 314 g/mol. The van der Waals surface area contributed by atoms with Gasteiger partial charge in [-0.05, 0) is 50.1 Å². The molecule has 0 atom stereocenters. The number of rotatable bonds is 2. The first-order chi connectivity index (χ1) is 12.0. The van der Waals surface area contributed by atoms with Crippen LogP contribution in [0, 0.1) is 6.92 Å². The van der Waals surface area contributed by atoms with Crippen LogP contribution in [0.2, 0.25) is 0 Å². The van der Waals surface area contributed by atoms with Crippen LogP contribution in [0.25, 0.3) is 11.1 Å². The number of benzene rings is 1. The van der Waals surface area contributed by atoms with Gasteiger partial charge in [0, 0.05) is 24.2 Å². The second-order valence-electron chi connectivity index (χ2n) is 6.60. The fourth-order valence-corrected chi connectivity index (χ4v) is 3.11. The van der Waals surface area contributed by atoms with E-state index in [4.69, 9.17) is 0 Å². The van der Waals surface area contributed by atoms with Crippen molar-refractivity contribution in [2.75, 3.05) is 4.90 Å². The van der Waals surface area contributed by atoms with E-state index in [1.54, 1.807) is 35.6 Å². The topological polar surface area (TPSA) is 71.9 Å². The minimum Gasteiger partial charge on any atom is -0.273 e. The zero-order valence-electron chi connectivity index (χ0n) is 14.3. The lowest BCUT2D eigenvalue weighted by Gasteiger charge is -2.18. The fraction of sp³-hybridized carbons (Fsp3) is 0.211. The molecule has 1 aromatic carbocycles. The molecule has 1 aliphatic rings. The number of nitrogens with zero attached hydrogens (tertiary/aromatic N) is 5. The summed E-state index contributed by atoms with van der Waals surface area (Å²) in [4.78, 5) is 23.2. The summed E-state index contributed by atoms with van der Waals surface area (Å²) in [5, 5.41) is 8.03.